The molecule has 0 unspecified atom stereocenters. The van der Waals surface area contributed by atoms with Crippen molar-refractivity contribution in [2.45, 2.75) is 37.6 Å². The molecule has 0 aliphatic heterocycles. The third-order valence-electron chi connectivity index (χ3n) is 2.49. The number of carbonyl (C=O) groups is 1. The Balaban J connectivity index is 2.63. The minimum atomic E-state index is -0.526. The molecule has 0 spiro atoms. The second kappa shape index (κ2) is 4.45. The monoisotopic (exact) mass is 209 g/mol. The summed E-state index contributed by atoms with van der Waals surface area (Å²) in [6.07, 6.45) is 4.95. The summed E-state index contributed by atoms with van der Waals surface area (Å²) in [5.74, 6) is 0. The van der Waals surface area contributed by atoms with Crippen LogP contribution in [0.15, 0.2) is 0 Å². The van der Waals surface area contributed by atoms with Gasteiger partial charge in [0, 0.05) is 0 Å². The Morgan fingerprint density at radius 2 is 1.92 bits per heavy atom. The highest BCUT2D eigenvalue weighted by molar-refractivity contribution is 6.65. The minimum absolute atomic E-state index is 0.289. The molecule has 0 aromatic carbocycles. The molecule has 12 heavy (non-hydrogen) atoms. The van der Waals surface area contributed by atoms with Gasteiger partial charge in [-0.2, -0.15) is 0 Å². The van der Waals surface area contributed by atoms with Gasteiger partial charge in [-0.15, -0.1) is 11.6 Å². The maximum atomic E-state index is 11.2. The quantitative estimate of drug-likeness (QED) is 0.439. The number of halogens is 2. The van der Waals surface area contributed by atoms with Crippen molar-refractivity contribution < 1.29 is 4.79 Å². The third-order valence-corrected chi connectivity index (χ3v) is 2.98. The van der Waals surface area contributed by atoms with Crippen LogP contribution in [0.25, 0.3) is 0 Å². The van der Waals surface area contributed by atoms with E-state index in [0.717, 1.165) is 25.7 Å². The Hall–Kier alpha value is 0.210. The van der Waals surface area contributed by atoms with Crippen LogP contribution in [0, 0.1) is 0 Å². The van der Waals surface area contributed by atoms with Gasteiger partial charge < -0.3 is 0 Å². The molecule has 0 radical (unpaired) electrons. The van der Waals surface area contributed by atoms with E-state index in [1.807, 2.05) is 0 Å². The number of hydrogen-bond donors (Lipinski definition) is 1. The predicted molar refractivity (Wildman–Crippen MR) is 50.5 cm³/mol. The van der Waals surface area contributed by atoms with Crippen LogP contribution in [-0.4, -0.2) is 16.8 Å². The van der Waals surface area contributed by atoms with Gasteiger partial charge in [0.05, 0.1) is 11.5 Å². The zero-order chi connectivity index (χ0) is 9.03. The molecular formula is C8H13Cl2NO. The van der Waals surface area contributed by atoms with Gasteiger partial charge in [0.25, 0.3) is 0 Å². The average Bonchev–Trinajstić information content (AvgIpc) is 2.06. The van der Waals surface area contributed by atoms with Gasteiger partial charge in [0.15, 0.2) is 0 Å². The minimum Gasteiger partial charge on any atom is -0.291 e. The summed E-state index contributed by atoms with van der Waals surface area (Å²) < 4.78 is 0. The fraction of sp³-hybridized carbons (Fsp3) is 0.875. The molecule has 1 aliphatic carbocycles. The van der Waals surface area contributed by atoms with E-state index in [2.05, 4.69) is 5.32 Å². The molecule has 0 amide bonds. The van der Waals surface area contributed by atoms with Crippen LogP contribution in [0.4, 0.5) is 0 Å². The van der Waals surface area contributed by atoms with E-state index in [4.69, 9.17) is 23.2 Å². The molecule has 0 aromatic rings. The Kier molecular flexibility index (Phi) is 3.81. The second-order valence-electron chi connectivity index (χ2n) is 3.23. The molecule has 70 valence electrons. The summed E-state index contributed by atoms with van der Waals surface area (Å²) in [6, 6.07) is 0.290. The molecule has 0 atom stereocenters. The highest BCUT2D eigenvalue weighted by Gasteiger charge is 2.37. The molecule has 1 saturated carbocycles. The highest BCUT2D eigenvalue weighted by Crippen LogP contribution is 2.30. The van der Waals surface area contributed by atoms with E-state index >= 15 is 0 Å². The summed E-state index contributed by atoms with van der Waals surface area (Å²) in [7, 11) is 0. The molecule has 0 bridgehead atoms. The number of rotatable bonds is 3. The Bertz CT molecular complexity index is 161. The summed E-state index contributed by atoms with van der Waals surface area (Å²) in [6.45, 7) is 0. The van der Waals surface area contributed by atoms with Crippen molar-refractivity contribution in [2.75, 3.05) is 6.00 Å². The van der Waals surface area contributed by atoms with Crippen molar-refractivity contribution in [1.29, 1.82) is 0 Å². The van der Waals surface area contributed by atoms with E-state index in [1.165, 1.54) is 6.42 Å². The lowest BCUT2D eigenvalue weighted by Gasteiger charge is -2.33. The van der Waals surface area contributed by atoms with Gasteiger partial charge in [-0.25, -0.2) is 0 Å². The fourth-order valence-electron chi connectivity index (χ4n) is 1.73. The summed E-state index contributed by atoms with van der Waals surface area (Å²) in [5.41, 5.74) is -0.526. The van der Waals surface area contributed by atoms with E-state index < -0.39 is 5.54 Å². The SMILES string of the molecule is O=C(Cl)C1(NCCl)CCCCC1. The van der Waals surface area contributed by atoms with Crippen LogP contribution >= 0.6 is 23.2 Å². The summed E-state index contributed by atoms with van der Waals surface area (Å²) in [4.78, 5) is 11.2. The first-order valence-electron chi connectivity index (χ1n) is 4.22. The second-order valence-corrected chi connectivity index (χ2v) is 3.84. The highest BCUT2D eigenvalue weighted by atomic mass is 35.5. The molecule has 4 heteroatoms. The van der Waals surface area contributed by atoms with E-state index in [-0.39, 0.29) is 5.24 Å². The first kappa shape index (κ1) is 10.3. The maximum absolute atomic E-state index is 11.2. The van der Waals surface area contributed by atoms with E-state index in [1.54, 1.807) is 0 Å². The third kappa shape index (κ3) is 2.12. The normalized spacial score (nSPS) is 22.2. The van der Waals surface area contributed by atoms with Crippen molar-refractivity contribution in [3.8, 4) is 0 Å². The lowest BCUT2D eigenvalue weighted by molar-refractivity contribution is -0.118. The van der Waals surface area contributed by atoms with Gasteiger partial charge >= 0.3 is 0 Å². The lowest BCUT2D eigenvalue weighted by Crippen LogP contribution is -2.51. The van der Waals surface area contributed by atoms with Crippen molar-refractivity contribution in [1.82, 2.24) is 5.32 Å². The Labute approximate surface area is 82.6 Å². The van der Waals surface area contributed by atoms with Crippen LogP contribution in [0.5, 0.6) is 0 Å². The standard InChI is InChI=1S/C8H13Cl2NO/c9-6-11-8(7(10)12)4-2-1-3-5-8/h11H,1-6H2. The number of carbonyl (C=O) groups excluding carboxylic acids is 1. The topological polar surface area (TPSA) is 29.1 Å². The zero-order valence-electron chi connectivity index (χ0n) is 6.91. The van der Waals surface area contributed by atoms with Crippen LogP contribution in [0.2, 0.25) is 0 Å². The van der Waals surface area contributed by atoms with Crippen molar-refractivity contribution in [3.63, 3.8) is 0 Å². The first-order valence-corrected chi connectivity index (χ1v) is 5.13. The fourth-order valence-corrected chi connectivity index (χ4v) is 2.24. The maximum Gasteiger partial charge on any atom is 0.241 e. The van der Waals surface area contributed by atoms with Gasteiger partial charge in [0.1, 0.15) is 0 Å². The Morgan fingerprint density at radius 1 is 1.33 bits per heavy atom. The number of nitrogens with one attached hydrogen (secondary N) is 1. The largest absolute Gasteiger partial charge is 0.291 e. The van der Waals surface area contributed by atoms with Gasteiger partial charge in [-0.3, -0.25) is 10.1 Å². The van der Waals surface area contributed by atoms with E-state index in [0.29, 0.717) is 6.00 Å². The molecule has 0 aromatic heterocycles. The molecule has 1 N–H and O–H groups in total. The average molecular weight is 210 g/mol. The predicted octanol–water partition coefficient (Wildman–Crippen LogP) is 2.24. The molecule has 0 heterocycles. The van der Waals surface area contributed by atoms with Crippen LogP contribution in [0.1, 0.15) is 32.1 Å². The van der Waals surface area contributed by atoms with Crippen molar-refractivity contribution >= 4 is 28.4 Å². The molecule has 1 fully saturated rings. The summed E-state index contributed by atoms with van der Waals surface area (Å²) >= 11 is 11.1. The Morgan fingerprint density at radius 3 is 2.33 bits per heavy atom. The van der Waals surface area contributed by atoms with Gasteiger partial charge in [0.2, 0.25) is 5.24 Å². The van der Waals surface area contributed by atoms with Crippen molar-refractivity contribution in [2.24, 2.45) is 0 Å². The van der Waals surface area contributed by atoms with Crippen LogP contribution < -0.4 is 5.32 Å². The zero-order valence-corrected chi connectivity index (χ0v) is 8.42. The summed E-state index contributed by atoms with van der Waals surface area (Å²) in [5, 5.41) is 2.69. The lowest BCUT2D eigenvalue weighted by atomic mass is 9.83. The van der Waals surface area contributed by atoms with E-state index in [9.17, 15) is 4.79 Å². The molecule has 2 nitrogen and oxygen atoms in total. The van der Waals surface area contributed by atoms with Gasteiger partial charge in [-0.1, -0.05) is 19.3 Å². The smallest absolute Gasteiger partial charge is 0.241 e. The van der Waals surface area contributed by atoms with Crippen molar-refractivity contribution in [3.05, 3.63) is 0 Å². The molecule has 1 aliphatic rings. The van der Waals surface area contributed by atoms with Gasteiger partial charge in [-0.05, 0) is 24.4 Å². The first-order chi connectivity index (χ1) is 5.71. The van der Waals surface area contributed by atoms with Crippen LogP contribution in [0.3, 0.4) is 0 Å². The van der Waals surface area contributed by atoms with Crippen LogP contribution in [-0.2, 0) is 4.79 Å². The molecule has 1 rings (SSSR count). The number of hydrogen-bond acceptors (Lipinski definition) is 2. The molecule has 0 saturated heterocycles. The number of alkyl halides is 1. The molecular weight excluding hydrogens is 197 g/mol.